The zero-order valence-electron chi connectivity index (χ0n) is 11.0. The fraction of sp³-hybridized carbons (Fsp3) is 0.133. The molecule has 2 rings (SSSR count). The third kappa shape index (κ3) is 3.56. The van der Waals surface area contributed by atoms with E-state index in [-0.39, 0.29) is 0 Å². The van der Waals surface area contributed by atoms with E-state index in [1.165, 1.54) is 0 Å². The predicted molar refractivity (Wildman–Crippen MR) is 79.3 cm³/mol. The SMILES string of the molecule is CN(Cc1ccc(Cl)nc1)C(=NC#N)c1ccccc1. The summed E-state index contributed by atoms with van der Waals surface area (Å²) in [7, 11) is 1.89. The molecule has 0 aliphatic carbocycles. The molecule has 0 amide bonds. The van der Waals surface area contributed by atoms with E-state index in [1.54, 1.807) is 12.3 Å². The molecule has 0 saturated carbocycles. The number of rotatable bonds is 3. The lowest BCUT2D eigenvalue weighted by molar-refractivity contribution is 0.501. The molecular weight excluding hydrogens is 272 g/mol. The van der Waals surface area contributed by atoms with Crippen LogP contribution in [0.2, 0.25) is 5.15 Å². The van der Waals surface area contributed by atoms with E-state index in [0.717, 1.165) is 11.1 Å². The first-order chi connectivity index (χ1) is 9.70. The average molecular weight is 285 g/mol. The number of aliphatic imine (C=N–C) groups is 1. The lowest BCUT2D eigenvalue weighted by Gasteiger charge is -2.20. The van der Waals surface area contributed by atoms with Gasteiger partial charge in [0.25, 0.3) is 0 Å². The highest BCUT2D eigenvalue weighted by Crippen LogP contribution is 2.11. The fourth-order valence-corrected chi connectivity index (χ4v) is 1.97. The zero-order chi connectivity index (χ0) is 14.4. The van der Waals surface area contributed by atoms with E-state index in [2.05, 4.69) is 9.98 Å². The highest BCUT2D eigenvalue weighted by molar-refractivity contribution is 6.29. The van der Waals surface area contributed by atoms with Crippen LogP contribution in [-0.4, -0.2) is 22.8 Å². The molecule has 0 N–H and O–H groups in total. The Morgan fingerprint density at radius 3 is 2.65 bits per heavy atom. The molecule has 0 aliphatic rings. The first-order valence-corrected chi connectivity index (χ1v) is 6.42. The van der Waals surface area contributed by atoms with Crippen molar-refractivity contribution < 1.29 is 0 Å². The Morgan fingerprint density at radius 2 is 2.05 bits per heavy atom. The summed E-state index contributed by atoms with van der Waals surface area (Å²) in [5.41, 5.74) is 1.90. The number of aromatic nitrogens is 1. The number of nitriles is 1. The molecule has 0 unspecified atom stereocenters. The van der Waals surface area contributed by atoms with Crippen molar-refractivity contribution in [3.8, 4) is 6.19 Å². The second-order valence-corrected chi connectivity index (χ2v) is 4.63. The van der Waals surface area contributed by atoms with Gasteiger partial charge in [0, 0.05) is 25.4 Å². The molecule has 0 saturated heterocycles. The quantitative estimate of drug-likeness (QED) is 0.377. The van der Waals surface area contributed by atoms with Gasteiger partial charge in [-0.3, -0.25) is 0 Å². The summed E-state index contributed by atoms with van der Waals surface area (Å²) in [6.45, 7) is 0.597. The predicted octanol–water partition coefficient (Wildman–Crippen LogP) is 3.09. The van der Waals surface area contributed by atoms with Crippen molar-refractivity contribution >= 4 is 17.4 Å². The van der Waals surface area contributed by atoms with Gasteiger partial charge >= 0.3 is 0 Å². The third-order valence-corrected chi connectivity index (χ3v) is 2.98. The van der Waals surface area contributed by atoms with Crippen LogP contribution in [0.25, 0.3) is 0 Å². The van der Waals surface area contributed by atoms with Crippen molar-refractivity contribution in [1.82, 2.24) is 9.88 Å². The molecule has 0 aliphatic heterocycles. The van der Waals surface area contributed by atoms with E-state index < -0.39 is 0 Å². The van der Waals surface area contributed by atoms with Gasteiger partial charge < -0.3 is 4.90 Å². The van der Waals surface area contributed by atoms with Crippen molar-refractivity contribution in [1.29, 1.82) is 5.26 Å². The Bertz CT molecular complexity index is 629. The van der Waals surface area contributed by atoms with Gasteiger partial charge in [0.2, 0.25) is 6.19 Å². The summed E-state index contributed by atoms with van der Waals surface area (Å²) in [6.07, 6.45) is 3.57. The van der Waals surface area contributed by atoms with Crippen LogP contribution in [0, 0.1) is 11.5 Å². The number of benzene rings is 1. The lowest BCUT2D eigenvalue weighted by atomic mass is 10.2. The zero-order valence-corrected chi connectivity index (χ0v) is 11.7. The Balaban J connectivity index is 2.21. The maximum absolute atomic E-state index is 8.86. The molecule has 0 bridgehead atoms. The first kappa shape index (κ1) is 14.0. The largest absolute Gasteiger partial charge is 0.354 e. The topological polar surface area (TPSA) is 52.3 Å². The van der Waals surface area contributed by atoms with E-state index in [4.69, 9.17) is 16.9 Å². The highest BCUT2D eigenvalue weighted by atomic mass is 35.5. The molecule has 1 heterocycles. The summed E-state index contributed by atoms with van der Waals surface area (Å²) in [5, 5.41) is 9.32. The number of nitrogens with zero attached hydrogens (tertiary/aromatic N) is 4. The number of hydrogen-bond donors (Lipinski definition) is 0. The molecule has 1 aromatic carbocycles. The third-order valence-electron chi connectivity index (χ3n) is 2.76. The standard InChI is InChI=1S/C15H13ClN4/c1-20(10-12-7-8-14(16)18-9-12)15(19-11-17)13-5-3-2-4-6-13/h2-9H,10H2,1H3. The van der Waals surface area contributed by atoms with Crippen molar-refractivity contribution in [3.05, 3.63) is 64.9 Å². The molecule has 2 aromatic rings. The fourth-order valence-electron chi connectivity index (χ4n) is 1.85. The normalized spacial score (nSPS) is 10.9. The van der Waals surface area contributed by atoms with E-state index in [0.29, 0.717) is 17.5 Å². The maximum atomic E-state index is 8.86. The molecule has 0 fully saturated rings. The second kappa shape index (κ2) is 6.69. The minimum Gasteiger partial charge on any atom is -0.354 e. The van der Waals surface area contributed by atoms with E-state index >= 15 is 0 Å². The molecule has 0 radical (unpaired) electrons. The Morgan fingerprint density at radius 1 is 1.30 bits per heavy atom. The Labute approximate surface area is 123 Å². The maximum Gasteiger partial charge on any atom is 0.207 e. The molecule has 0 spiro atoms. The van der Waals surface area contributed by atoms with Crippen LogP contribution >= 0.6 is 11.6 Å². The molecule has 5 heteroatoms. The van der Waals surface area contributed by atoms with Gasteiger partial charge in [-0.1, -0.05) is 48.0 Å². The van der Waals surface area contributed by atoms with Gasteiger partial charge in [-0.15, -0.1) is 0 Å². The lowest BCUT2D eigenvalue weighted by Crippen LogP contribution is -2.27. The minimum absolute atomic E-state index is 0.463. The molecule has 4 nitrogen and oxygen atoms in total. The Kier molecular flexibility index (Phi) is 4.70. The summed E-state index contributed by atoms with van der Waals surface area (Å²) in [5.74, 6) is 0.628. The molecular formula is C15H13ClN4. The van der Waals surface area contributed by atoms with Crippen LogP contribution in [0.3, 0.4) is 0 Å². The van der Waals surface area contributed by atoms with Gasteiger partial charge in [-0.2, -0.15) is 10.3 Å². The summed E-state index contributed by atoms with van der Waals surface area (Å²) >= 11 is 5.76. The smallest absolute Gasteiger partial charge is 0.207 e. The van der Waals surface area contributed by atoms with Gasteiger partial charge in [0.05, 0.1) is 0 Å². The van der Waals surface area contributed by atoms with Gasteiger partial charge in [-0.05, 0) is 11.6 Å². The summed E-state index contributed by atoms with van der Waals surface area (Å²) in [6, 6.07) is 13.3. The van der Waals surface area contributed by atoms with Crippen LogP contribution in [0.5, 0.6) is 0 Å². The first-order valence-electron chi connectivity index (χ1n) is 6.04. The molecule has 100 valence electrons. The van der Waals surface area contributed by atoms with Gasteiger partial charge in [0.1, 0.15) is 11.0 Å². The summed E-state index contributed by atoms with van der Waals surface area (Å²) < 4.78 is 0. The second-order valence-electron chi connectivity index (χ2n) is 4.25. The van der Waals surface area contributed by atoms with Crippen LogP contribution in [0.4, 0.5) is 0 Å². The number of pyridine rings is 1. The van der Waals surface area contributed by atoms with Crippen LogP contribution in [0.1, 0.15) is 11.1 Å². The van der Waals surface area contributed by atoms with Crippen molar-refractivity contribution in [2.75, 3.05) is 7.05 Å². The number of hydrogen-bond acceptors (Lipinski definition) is 3. The van der Waals surface area contributed by atoms with Crippen LogP contribution in [0.15, 0.2) is 53.7 Å². The van der Waals surface area contributed by atoms with Crippen molar-refractivity contribution in [2.45, 2.75) is 6.54 Å². The molecule has 1 aromatic heterocycles. The minimum atomic E-state index is 0.463. The monoisotopic (exact) mass is 284 g/mol. The van der Waals surface area contributed by atoms with Crippen LogP contribution < -0.4 is 0 Å². The molecule has 0 atom stereocenters. The van der Waals surface area contributed by atoms with Crippen molar-refractivity contribution in [3.63, 3.8) is 0 Å². The summed E-state index contributed by atoms with van der Waals surface area (Å²) in [4.78, 5) is 9.86. The van der Waals surface area contributed by atoms with Crippen LogP contribution in [-0.2, 0) is 6.54 Å². The molecule has 20 heavy (non-hydrogen) atoms. The number of halogens is 1. The van der Waals surface area contributed by atoms with Crippen molar-refractivity contribution in [2.24, 2.45) is 4.99 Å². The Hall–Kier alpha value is -2.38. The van der Waals surface area contributed by atoms with E-state index in [1.807, 2.05) is 54.5 Å². The average Bonchev–Trinajstić information content (AvgIpc) is 2.48. The number of amidine groups is 1. The van der Waals surface area contributed by atoms with Gasteiger partial charge in [-0.25, -0.2) is 4.98 Å². The van der Waals surface area contributed by atoms with E-state index in [9.17, 15) is 0 Å². The highest BCUT2D eigenvalue weighted by Gasteiger charge is 2.10. The van der Waals surface area contributed by atoms with Gasteiger partial charge in [0.15, 0.2) is 0 Å².